The summed E-state index contributed by atoms with van der Waals surface area (Å²) in [5.74, 6) is 4.22. The summed E-state index contributed by atoms with van der Waals surface area (Å²) in [5, 5.41) is 13.3. The number of nitrogens with zero attached hydrogens (tertiary/aromatic N) is 5. The Morgan fingerprint density at radius 1 is 1.26 bits per heavy atom. The Bertz CT molecular complexity index is 587. The largest absolute Gasteiger partial charge is 0.357 e. The van der Waals surface area contributed by atoms with Crippen molar-refractivity contribution in [2.45, 2.75) is 65.6 Å². The standard InChI is InChI=1S/C20H38N6S/c1-7-21-19(25-13-16(4)11-17(5)14-25)22-10-8-9-18-23-24-20(27-6)26(18)12-15(2)3/h15-17H,7-14H2,1-6H3,(H,21,22). The van der Waals surface area contributed by atoms with Crippen molar-refractivity contribution in [2.24, 2.45) is 22.7 Å². The van der Waals surface area contributed by atoms with Gasteiger partial charge in [-0.05, 0) is 43.8 Å². The third-order valence-corrected chi connectivity index (χ3v) is 5.51. The smallest absolute Gasteiger partial charge is 0.193 e. The number of nitrogens with one attached hydrogen (secondary N) is 1. The summed E-state index contributed by atoms with van der Waals surface area (Å²) in [6.07, 6.45) is 5.31. The fourth-order valence-electron chi connectivity index (χ4n) is 3.89. The van der Waals surface area contributed by atoms with Gasteiger partial charge >= 0.3 is 0 Å². The van der Waals surface area contributed by atoms with E-state index in [-0.39, 0.29) is 0 Å². The lowest BCUT2D eigenvalue weighted by molar-refractivity contribution is 0.208. The van der Waals surface area contributed by atoms with Crippen LogP contribution in [-0.2, 0) is 13.0 Å². The molecule has 1 saturated heterocycles. The fraction of sp³-hybridized carbons (Fsp3) is 0.850. The zero-order chi connectivity index (χ0) is 19.8. The van der Waals surface area contributed by atoms with Crippen molar-refractivity contribution in [1.82, 2.24) is 25.0 Å². The summed E-state index contributed by atoms with van der Waals surface area (Å²) in [6.45, 7) is 16.2. The third kappa shape index (κ3) is 6.70. The van der Waals surface area contributed by atoms with Gasteiger partial charge < -0.3 is 14.8 Å². The lowest BCUT2D eigenvalue weighted by Crippen LogP contribution is -2.48. The van der Waals surface area contributed by atoms with Gasteiger partial charge in [-0.1, -0.05) is 39.5 Å². The highest BCUT2D eigenvalue weighted by Crippen LogP contribution is 2.21. The Labute approximate surface area is 169 Å². The van der Waals surface area contributed by atoms with Crippen LogP contribution in [0.2, 0.25) is 0 Å². The number of hydrogen-bond acceptors (Lipinski definition) is 4. The maximum atomic E-state index is 4.91. The minimum absolute atomic E-state index is 0.590. The zero-order valence-electron chi connectivity index (χ0n) is 18.0. The average molecular weight is 395 g/mol. The average Bonchev–Trinajstić information content (AvgIpc) is 2.97. The van der Waals surface area contributed by atoms with Gasteiger partial charge in [0.1, 0.15) is 5.82 Å². The highest BCUT2D eigenvalue weighted by atomic mass is 32.2. The molecule has 1 fully saturated rings. The first-order valence-electron chi connectivity index (χ1n) is 10.4. The van der Waals surface area contributed by atoms with Gasteiger partial charge in [0.25, 0.3) is 0 Å². The number of likely N-dealkylation sites (tertiary alicyclic amines) is 1. The van der Waals surface area contributed by atoms with Crippen molar-refractivity contribution in [3.05, 3.63) is 5.82 Å². The van der Waals surface area contributed by atoms with Crippen LogP contribution < -0.4 is 5.32 Å². The normalized spacial score (nSPS) is 21.1. The number of rotatable bonds is 8. The molecule has 1 aromatic heterocycles. The molecule has 1 aliphatic rings. The molecule has 0 aromatic carbocycles. The minimum Gasteiger partial charge on any atom is -0.357 e. The lowest BCUT2D eigenvalue weighted by atomic mass is 9.92. The van der Waals surface area contributed by atoms with Gasteiger partial charge in [0.15, 0.2) is 11.1 Å². The van der Waals surface area contributed by atoms with E-state index in [1.807, 2.05) is 0 Å². The first kappa shape index (κ1) is 22.1. The molecule has 2 unspecified atom stereocenters. The molecule has 1 aliphatic heterocycles. The second-order valence-corrected chi connectivity index (χ2v) is 9.07. The summed E-state index contributed by atoms with van der Waals surface area (Å²) in [6, 6.07) is 0. The maximum Gasteiger partial charge on any atom is 0.193 e. The first-order chi connectivity index (χ1) is 12.9. The molecule has 2 atom stereocenters. The van der Waals surface area contributed by atoms with E-state index in [0.717, 1.165) is 74.3 Å². The predicted octanol–water partition coefficient (Wildman–Crippen LogP) is 3.53. The van der Waals surface area contributed by atoms with Gasteiger partial charge in [-0.2, -0.15) is 0 Å². The summed E-state index contributed by atoms with van der Waals surface area (Å²) in [4.78, 5) is 7.35. The van der Waals surface area contributed by atoms with Crippen LogP contribution in [-0.4, -0.2) is 58.1 Å². The van der Waals surface area contributed by atoms with E-state index in [9.17, 15) is 0 Å². The molecule has 1 N–H and O–H groups in total. The van der Waals surface area contributed by atoms with Crippen molar-refractivity contribution in [3.8, 4) is 0 Å². The molecule has 0 radical (unpaired) electrons. The van der Waals surface area contributed by atoms with Gasteiger partial charge in [0, 0.05) is 39.1 Å². The molecule has 0 aliphatic carbocycles. The second-order valence-electron chi connectivity index (χ2n) is 8.30. The monoisotopic (exact) mass is 394 g/mol. The van der Waals surface area contributed by atoms with Crippen LogP contribution in [0.4, 0.5) is 0 Å². The predicted molar refractivity (Wildman–Crippen MR) is 115 cm³/mol. The van der Waals surface area contributed by atoms with Crippen molar-refractivity contribution in [2.75, 3.05) is 32.4 Å². The van der Waals surface area contributed by atoms with E-state index in [1.165, 1.54) is 6.42 Å². The molecule has 0 saturated carbocycles. The molecule has 2 rings (SSSR count). The van der Waals surface area contributed by atoms with E-state index in [0.29, 0.717) is 5.92 Å². The van der Waals surface area contributed by atoms with Crippen LogP contribution in [0, 0.1) is 17.8 Å². The molecular weight excluding hydrogens is 356 g/mol. The van der Waals surface area contributed by atoms with Crippen LogP contribution in [0.5, 0.6) is 0 Å². The summed E-state index contributed by atoms with van der Waals surface area (Å²) in [7, 11) is 0. The minimum atomic E-state index is 0.590. The topological polar surface area (TPSA) is 58.3 Å². The van der Waals surface area contributed by atoms with Crippen molar-refractivity contribution >= 4 is 17.7 Å². The fourth-order valence-corrected chi connectivity index (χ4v) is 4.41. The summed E-state index contributed by atoms with van der Waals surface area (Å²) < 4.78 is 2.28. The van der Waals surface area contributed by atoms with Gasteiger partial charge in [-0.3, -0.25) is 4.99 Å². The van der Waals surface area contributed by atoms with Crippen molar-refractivity contribution in [1.29, 1.82) is 0 Å². The van der Waals surface area contributed by atoms with E-state index in [2.05, 4.69) is 65.9 Å². The molecule has 27 heavy (non-hydrogen) atoms. The molecule has 154 valence electrons. The number of guanidine groups is 1. The SMILES string of the molecule is CCNC(=NCCCc1nnc(SC)n1CC(C)C)N1CC(C)CC(C)C1. The molecule has 0 amide bonds. The molecule has 6 nitrogen and oxygen atoms in total. The first-order valence-corrected chi connectivity index (χ1v) is 11.7. The number of aromatic nitrogens is 3. The Kier molecular flexibility index (Phi) is 8.93. The van der Waals surface area contributed by atoms with E-state index in [4.69, 9.17) is 4.99 Å². The molecule has 0 bridgehead atoms. The Hall–Kier alpha value is -1.24. The third-order valence-electron chi connectivity index (χ3n) is 4.85. The van der Waals surface area contributed by atoms with Crippen molar-refractivity contribution < 1.29 is 0 Å². The van der Waals surface area contributed by atoms with Gasteiger partial charge in [-0.15, -0.1) is 10.2 Å². The summed E-state index contributed by atoms with van der Waals surface area (Å²) >= 11 is 1.67. The van der Waals surface area contributed by atoms with Crippen LogP contribution in [0.15, 0.2) is 10.1 Å². The number of thioether (sulfide) groups is 1. The van der Waals surface area contributed by atoms with Gasteiger partial charge in [0.2, 0.25) is 0 Å². The lowest BCUT2D eigenvalue weighted by Gasteiger charge is -2.37. The summed E-state index contributed by atoms with van der Waals surface area (Å²) in [5.41, 5.74) is 0. The highest BCUT2D eigenvalue weighted by Gasteiger charge is 2.23. The number of aliphatic imine (C=N–C) groups is 1. The van der Waals surface area contributed by atoms with Gasteiger partial charge in [-0.25, -0.2) is 0 Å². The molecule has 2 heterocycles. The van der Waals surface area contributed by atoms with Gasteiger partial charge in [0.05, 0.1) is 0 Å². The second kappa shape index (κ2) is 10.9. The van der Waals surface area contributed by atoms with Crippen molar-refractivity contribution in [3.63, 3.8) is 0 Å². The molecule has 0 spiro atoms. The molecule has 7 heteroatoms. The maximum absolute atomic E-state index is 4.91. The van der Waals surface area contributed by atoms with Crippen LogP contribution in [0.3, 0.4) is 0 Å². The van der Waals surface area contributed by atoms with Crippen LogP contribution in [0.25, 0.3) is 0 Å². The van der Waals surface area contributed by atoms with E-state index < -0.39 is 0 Å². The number of hydrogen-bond donors (Lipinski definition) is 1. The van der Waals surface area contributed by atoms with E-state index >= 15 is 0 Å². The molecular formula is C20H38N6S. The Balaban J connectivity index is 1.95. The van der Waals surface area contributed by atoms with Crippen LogP contribution >= 0.6 is 11.8 Å². The van der Waals surface area contributed by atoms with Crippen LogP contribution in [0.1, 0.15) is 53.3 Å². The Morgan fingerprint density at radius 3 is 2.56 bits per heavy atom. The molecule has 1 aromatic rings. The number of aryl methyl sites for hydroxylation is 1. The quantitative estimate of drug-likeness (QED) is 0.316. The highest BCUT2D eigenvalue weighted by molar-refractivity contribution is 7.98. The Morgan fingerprint density at radius 2 is 1.96 bits per heavy atom. The number of piperidine rings is 1. The van der Waals surface area contributed by atoms with E-state index in [1.54, 1.807) is 11.8 Å². The zero-order valence-corrected chi connectivity index (χ0v) is 18.8.